The molecule has 1 saturated carbocycles. The number of likely N-dealkylation sites (tertiary alicyclic amines) is 2. The van der Waals surface area contributed by atoms with Crippen molar-refractivity contribution in [3.63, 3.8) is 0 Å². The SMILES string of the molecule is CC1CN(C(C(=O)O)C2CCCCC2)CC1CN1CCC(CCC(=O)c2ccc(C#N)cc2)CC1.c1ccccc1. The molecule has 2 heterocycles. The van der Waals surface area contributed by atoms with Gasteiger partial charge in [0.05, 0.1) is 11.6 Å². The van der Waals surface area contributed by atoms with Crippen LogP contribution in [0.3, 0.4) is 0 Å². The first kappa shape index (κ1) is 30.9. The highest BCUT2D eigenvalue weighted by molar-refractivity contribution is 5.96. The number of nitriles is 1. The Morgan fingerprint density at radius 2 is 1.54 bits per heavy atom. The Bertz CT molecular complexity index is 1090. The summed E-state index contributed by atoms with van der Waals surface area (Å²) in [5.74, 6) is 1.52. The summed E-state index contributed by atoms with van der Waals surface area (Å²) in [5, 5.41) is 18.9. The number of carbonyl (C=O) groups excluding carboxylic acids is 1. The second kappa shape index (κ2) is 15.8. The molecular weight excluding hydrogens is 510 g/mol. The summed E-state index contributed by atoms with van der Waals surface area (Å²) < 4.78 is 0. The quantitative estimate of drug-likeness (QED) is 0.353. The summed E-state index contributed by atoms with van der Waals surface area (Å²) in [5.41, 5.74) is 1.29. The first-order chi connectivity index (χ1) is 19.9. The highest BCUT2D eigenvalue weighted by Gasteiger charge is 2.41. The summed E-state index contributed by atoms with van der Waals surface area (Å²) in [6, 6.07) is 20.7. The van der Waals surface area contributed by atoms with Crippen LogP contribution in [0.25, 0.3) is 0 Å². The van der Waals surface area contributed by atoms with Gasteiger partial charge in [-0.3, -0.25) is 14.5 Å². The van der Waals surface area contributed by atoms with Gasteiger partial charge in [0.25, 0.3) is 0 Å². The molecule has 0 amide bonds. The number of carboxylic acid groups (broad SMARTS) is 1. The molecule has 2 aromatic carbocycles. The molecule has 0 spiro atoms. The van der Waals surface area contributed by atoms with Crippen molar-refractivity contribution >= 4 is 11.8 Å². The van der Waals surface area contributed by atoms with E-state index in [0.717, 1.165) is 64.8 Å². The fraction of sp³-hybridized carbons (Fsp3) is 0.571. The number of benzene rings is 2. The van der Waals surface area contributed by atoms with Gasteiger partial charge in [-0.1, -0.05) is 74.7 Å². The first-order valence-electron chi connectivity index (χ1n) is 15.7. The van der Waals surface area contributed by atoms with E-state index >= 15 is 0 Å². The van der Waals surface area contributed by atoms with Crippen molar-refractivity contribution in [3.8, 4) is 6.07 Å². The molecule has 1 N–H and O–H groups in total. The van der Waals surface area contributed by atoms with Crippen molar-refractivity contribution in [3.05, 3.63) is 71.8 Å². The molecule has 5 rings (SSSR count). The van der Waals surface area contributed by atoms with Crippen molar-refractivity contribution in [2.24, 2.45) is 23.7 Å². The monoisotopic (exact) mass is 557 g/mol. The number of piperidine rings is 1. The van der Waals surface area contributed by atoms with Gasteiger partial charge in [-0.15, -0.1) is 0 Å². The maximum Gasteiger partial charge on any atom is 0.321 e. The summed E-state index contributed by atoms with van der Waals surface area (Å²) in [7, 11) is 0. The number of Topliss-reactive ketones (excluding diaryl/α,β-unsaturated/α-hetero) is 1. The summed E-state index contributed by atoms with van der Waals surface area (Å²) in [6.45, 7) is 7.32. The number of ketones is 1. The van der Waals surface area contributed by atoms with Gasteiger partial charge in [0.15, 0.2) is 5.78 Å². The Morgan fingerprint density at radius 3 is 2.10 bits per heavy atom. The normalized spacial score (nSPS) is 23.2. The van der Waals surface area contributed by atoms with Crippen molar-refractivity contribution in [2.45, 2.75) is 70.8 Å². The number of hydrogen-bond acceptors (Lipinski definition) is 5. The van der Waals surface area contributed by atoms with E-state index in [4.69, 9.17) is 5.26 Å². The third-order valence-corrected chi connectivity index (χ3v) is 9.52. The lowest BCUT2D eigenvalue weighted by Crippen LogP contribution is -2.46. The van der Waals surface area contributed by atoms with Gasteiger partial charge < -0.3 is 10.0 Å². The van der Waals surface area contributed by atoms with Gasteiger partial charge in [0, 0.05) is 31.6 Å². The van der Waals surface area contributed by atoms with Crippen LogP contribution in [0.15, 0.2) is 60.7 Å². The summed E-state index contributed by atoms with van der Waals surface area (Å²) >= 11 is 0. The molecule has 0 radical (unpaired) electrons. The molecule has 41 heavy (non-hydrogen) atoms. The molecule has 6 nitrogen and oxygen atoms in total. The predicted octanol–water partition coefficient (Wildman–Crippen LogP) is 6.52. The van der Waals surface area contributed by atoms with E-state index < -0.39 is 5.97 Å². The van der Waals surface area contributed by atoms with Crippen LogP contribution in [0, 0.1) is 35.0 Å². The van der Waals surface area contributed by atoms with Gasteiger partial charge in [-0.25, -0.2) is 0 Å². The topological polar surface area (TPSA) is 84.6 Å². The molecule has 0 bridgehead atoms. The lowest BCUT2D eigenvalue weighted by Gasteiger charge is -2.35. The largest absolute Gasteiger partial charge is 0.480 e. The average molecular weight is 558 g/mol. The third kappa shape index (κ3) is 9.24. The van der Waals surface area contributed by atoms with Gasteiger partial charge >= 0.3 is 5.97 Å². The molecule has 3 aliphatic rings. The van der Waals surface area contributed by atoms with Crippen LogP contribution in [0.5, 0.6) is 0 Å². The third-order valence-electron chi connectivity index (χ3n) is 9.52. The van der Waals surface area contributed by atoms with Crippen LogP contribution < -0.4 is 0 Å². The zero-order chi connectivity index (χ0) is 29.0. The minimum absolute atomic E-state index is 0.169. The molecule has 220 valence electrons. The molecule has 6 heteroatoms. The van der Waals surface area contributed by atoms with E-state index in [0.29, 0.717) is 41.2 Å². The Hall–Kier alpha value is -3.01. The fourth-order valence-corrected chi connectivity index (χ4v) is 7.03. The van der Waals surface area contributed by atoms with Crippen LogP contribution in [0.4, 0.5) is 0 Å². The minimum Gasteiger partial charge on any atom is -0.480 e. The number of hydrogen-bond donors (Lipinski definition) is 1. The lowest BCUT2D eigenvalue weighted by molar-refractivity contribution is -0.145. The smallest absolute Gasteiger partial charge is 0.321 e. The molecule has 2 saturated heterocycles. The molecule has 3 fully saturated rings. The van der Waals surface area contributed by atoms with Crippen LogP contribution in [0.1, 0.15) is 80.6 Å². The Balaban J connectivity index is 0.000000572. The van der Waals surface area contributed by atoms with Crippen molar-refractivity contribution in [2.75, 3.05) is 32.7 Å². The van der Waals surface area contributed by atoms with Gasteiger partial charge in [0.1, 0.15) is 6.04 Å². The highest BCUT2D eigenvalue weighted by atomic mass is 16.4. The van der Waals surface area contributed by atoms with Crippen LogP contribution in [0.2, 0.25) is 0 Å². The zero-order valence-electron chi connectivity index (χ0n) is 24.7. The average Bonchev–Trinajstić information content (AvgIpc) is 3.37. The second-order valence-electron chi connectivity index (χ2n) is 12.4. The maximum atomic E-state index is 12.5. The van der Waals surface area contributed by atoms with Gasteiger partial charge in [-0.05, 0) is 81.0 Å². The molecule has 2 aromatic rings. The predicted molar refractivity (Wildman–Crippen MR) is 163 cm³/mol. The number of carbonyl (C=O) groups is 2. The number of rotatable bonds is 9. The number of aliphatic carboxylic acids is 1. The number of carboxylic acids is 1. The van der Waals surface area contributed by atoms with E-state index in [-0.39, 0.29) is 11.8 Å². The van der Waals surface area contributed by atoms with Gasteiger partial charge in [-0.2, -0.15) is 5.26 Å². The standard InChI is InChI=1S/C29H41N3O3.C6H6/c1-21-18-32(28(29(34)35)25-5-3-2-4-6-25)20-26(21)19-31-15-13-22(14-16-31)9-12-27(33)24-10-7-23(17-30)8-11-24;1-2-4-6-5-3-1/h7-8,10-11,21-22,25-26,28H,2-6,9,12-16,18-20H2,1H3,(H,34,35);1-6H. The lowest BCUT2D eigenvalue weighted by atomic mass is 9.83. The van der Waals surface area contributed by atoms with Gasteiger partial charge in [0.2, 0.25) is 0 Å². The zero-order valence-corrected chi connectivity index (χ0v) is 24.7. The van der Waals surface area contributed by atoms with Crippen LogP contribution >= 0.6 is 0 Å². The molecular formula is C35H47N3O3. The van der Waals surface area contributed by atoms with Crippen molar-refractivity contribution in [1.82, 2.24) is 9.80 Å². The van der Waals surface area contributed by atoms with E-state index in [1.807, 2.05) is 36.4 Å². The van der Waals surface area contributed by atoms with Crippen molar-refractivity contribution < 1.29 is 14.7 Å². The fourth-order valence-electron chi connectivity index (χ4n) is 7.03. The molecule has 0 aromatic heterocycles. The molecule has 2 aliphatic heterocycles. The highest BCUT2D eigenvalue weighted by Crippen LogP contribution is 2.34. The van der Waals surface area contributed by atoms with E-state index in [1.54, 1.807) is 24.3 Å². The summed E-state index contributed by atoms with van der Waals surface area (Å²) in [6.07, 6.45) is 9.49. The molecule has 3 unspecified atom stereocenters. The summed E-state index contributed by atoms with van der Waals surface area (Å²) in [4.78, 5) is 29.5. The maximum absolute atomic E-state index is 12.5. The first-order valence-corrected chi connectivity index (χ1v) is 15.7. The van der Waals surface area contributed by atoms with Crippen LogP contribution in [-0.2, 0) is 4.79 Å². The number of nitrogens with zero attached hydrogens (tertiary/aromatic N) is 3. The Kier molecular flexibility index (Phi) is 12.0. The second-order valence-corrected chi connectivity index (χ2v) is 12.4. The van der Waals surface area contributed by atoms with Crippen molar-refractivity contribution in [1.29, 1.82) is 5.26 Å². The van der Waals surface area contributed by atoms with E-state index in [2.05, 4.69) is 22.8 Å². The Labute approximate surface area is 246 Å². The minimum atomic E-state index is -0.624. The molecule has 3 atom stereocenters. The van der Waals surface area contributed by atoms with E-state index in [9.17, 15) is 14.7 Å². The van der Waals surface area contributed by atoms with E-state index in [1.165, 1.54) is 19.3 Å². The molecule has 1 aliphatic carbocycles. The van der Waals surface area contributed by atoms with Crippen LogP contribution in [-0.4, -0.2) is 65.4 Å². The Morgan fingerprint density at radius 1 is 0.927 bits per heavy atom.